The molecule has 1 aromatic rings. The number of halogens is 1. The van der Waals surface area contributed by atoms with Crippen LogP contribution in [0.25, 0.3) is 0 Å². The van der Waals surface area contributed by atoms with Gasteiger partial charge in [-0.25, -0.2) is 4.79 Å². The molecule has 17 heavy (non-hydrogen) atoms. The van der Waals surface area contributed by atoms with E-state index in [-0.39, 0.29) is 19.0 Å². The van der Waals surface area contributed by atoms with Crippen molar-refractivity contribution in [3.05, 3.63) is 12.2 Å². The van der Waals surface area contributed by atoms with E-state index in [2.05, 4.69) is 10.2 Å². The van der Waals surface area contributed by atoms with E-state index in [4.69, 9.17) is 0 Å². The molecule has 2 heterocycles. The van der Waals surface area contributed by atoms with Gasteiger partial charge in [0.05, 0.1) is 0 Å². The number of aryl methyl sites for hydroxylation is 1. The lowest BCUT2D eigenvalue weighted by Crippen LogP contribution is -2.33. The molecular formula is C8H10ClN5O3. The van der Waals surface area contributed by atoms with E-state index in [0.717, 1.165) is 4.90 Å². The van der Waals surface area contributed by atoms with Crippen molar-refractivity contribution in [2.75, 3.05) is 6.54 Å². The van der Waals surface area contributed by atoms with E-state index < -0.39 is 17.8 Å². The predicted molar refractivity (Wildman–Crippen MR) is 57.2 cm³/mol. The molecule has 1 aliphatic heterocycles. The second kappa shape index (κ2) is 4.91. The van der Waals surface area contributed by atoms with Gasteiger partial charge < -0.3 is 4.57 Å². The van der Waals surface area contributed by atoms with Gasteiger partial charge in [0, 0.05) is 20.0 Å². The minimum atomic E-state index is -0.886. The Balaban J connectivity index is 0.00000144. The van der Waals surface area contributed by atoms with Crippen LogP contribution in [-0.4, -0.2) is 44.1 Å². The van der Waals surface area contributed by atoms with Gasteiger partial charge in [-0.15, -0.1) is 22.6 Å². The van der Waals surface area contributed by atoms with Crippen molar-refractivity contribution in [3.8, 4) is 0 Å². The minimum absolute atomic E-state index is 0. The molecule has 92 valence electrons. The number of hydrogen-bond acceptors (Lipinski definition) is 5. The van der Waals surface area contributed by atoms with Gasteiger partial charge in [0.2, 0.25) is 0 Å². The fourth-order valence-electron chi connectivity index (χ4n) is 1.38. The standard InChI is InChI=1S/C8H9N5O3.ClH/c1-12-4-9-11-5(12)2-3-13-7(15)6(14)10-8(13)16;/h4H,2-3H2,1H3,(H,10,14,16);1H. The molecule has 0 atom stereocenters. The summed E-state index contributed by atoms with van der Waals surface area (Å²) in [5.41, 5.74) is 0. The largest absolute Gasteiger partial charge is 0.331 e. The van der Waals surface area contributed by atoms with Crippen molar-refractivity contribution in [3.63, 3.8) is 0 Å². The number of carbonyl (C=O) groups excluding carboxylic acids is 3. The van der Waals surface area contributed by atoms with Crippen molar-refractivity contribution in [1.82, 2.24) is 25.0 Å². The number of carbonyl (C=O) groups is 3. The fourth-order valence-corrected chi connectivity index (χ4v) is 1.38. The summed E-state index contributed by atoms with van der Waals surface area (Å²) in [6.07, 6.45) is 1.88. The summed E-state index contributed by atoms with van der Waals surface area (Å²) in [6, 6.07) is -0.683. The highest BCUT2D eigenvalue weighted by Gasteiger charge is 2.36. The van der Waals surface area contributed by atoms with Gasteiger partial charge in [-0.05, 0) is 0 Å². The SMILES string of the molecule is Cl.Cn1cnnc1CCN1C(=O)NC(=O)C1=O. The molecule has 0 unspecified atom stereocenters. The van der Waals surface area contributed by atoms with E-state index in [0.29, 0.717) is 12.2 Å². The van der Waals surface area contributed by atoms with Crippen LogP contribution >= 0.6 is 12.4 Å². The maximum Gasteiger partial charge on any atom is 0.331 e. The van der Waals surface area contributed by atoms with Crippen LogP contribution in [0.2, 0.25) is 0 Å². The zero-order valence-electron chi connectivity index (χ0n) is 8.91. The third-order valence-electron chi connectivity index (χ3n) is 2.27. The van der Waals surface area contributed by atoms with Gasteiger partial charge in [-0.2, -0.15) is 0 Å². The van der Waals surface area contributed by atoms with Gasteiger partial charge in [0.15, 0.2) is 0 Å². The lowest BCUT2D eigenvalue weighted by atomic mass is 10.3. The molecule has 2 rings (SSSR count). The molecule has 9 heteroatoms. The molecule has 4 amide bonds. The third kappa shape index (κ3) is 2.41. The van der Waals surface area contributed by atoms with E-state index in [1.807, 2.05) is 5.32 Å². The Labute approximate surface area is 102 Å². The average Bonchev–Trinajstić information content (AvgIpc) is 2.72. The summed E-state index contributed by atoms with van der Waals surface area (Å²) in [5.74, 6) is -1.07. The first-order chi connectivity index (χ1) is 7.59. The number of imide groups is 2. The average molecular weight is 260 g/mol. The second-order valence-electron chi connectivity index (χ2n) is 3.32. The number of amides is 4. The number of nitrogens with zero attached hydrogens (tertiary/aromatic N) is 4. The van der Waals surface area contributed by atoms with E-state index in [9.17, 15) is 14.4 Å². The Morgan fingerprint density at radius 2 is 2.06 bits per heavy atom. The highest BCUT2D eigenvalue weighted by atomic mass is 35.5. The van der Waals surface area contributed by atoms with Crippen LogP contribution in [0.4, 0.5) is 4.79 Å². The Hall–Kier alpha value is -1.96. The van der Waals surface area contributed by atoms with Crippen LogP contribution in [0, 0.1) is 0 Å². The Kier molecular flexibility index (Phi) is 3.79. The maximum absolute atomic E-state index is 11.2. The lowest BCUT2D eigenvalue weighted by Gasteiger charge is -2.09. The summed E-state index contributed by atoms with van der Waals surface area (Å²) < 4.78 is 1.68. The second-order valence-corrected chi connectivity index (χ2v) is 3.32. The first-order valence-corrected chi connectivity index (χ1v) is 4.59. The molecule has 0 saturated carbocycles. The summed E-state index contributed by atoms with van der Waals surface area (Å²) in [7, 11) is 1.76. The zero-order valence-corrected chi connectivity index (χ0v) is 9.73. The molecular weight excluding hydrogens is 250 g/mol. The predicted octanol–water partition coefficient (Wildman–Crippen LogP) is -1.14. The van der Waals surface area contributed by atoms with Crippen molar-refractivity contribution < 1.29 is 14.4 Å². The van der Waals surface area contributed by atoms with Crippen LogP contribution in [-0.2, 0) is 23.1 Å². The maximum atomic E-state index is 11.2. The van der Waals surface area contributed by atoms with Crippen LogP contribution in [0.15, 0.2) is 6.33 Å². The van der Waals surface area contributed by atoms with E-state index in [1.165, 1.54) is 6.33 Å². The van der Waals surface area contributed by atoms with Gasteiger partial charge in [-0.3, -0.25) is 19.8 Å². The quantitative estimate of drug-likeness (QED) is 0.547. The van der Waals surface area contributed by atoms with Crippen molar-refractivity contribution in [2.45, 2.75) is 6.42 Å². The van der Waals surface area contributed by atoms with Crippen molar-refractivity contribution in [2.24, 2.45) is 7.05 Å². The molecule has 0 radical (unpaired) electrons. The fraction of sp³-hybridized carbons (Fsp3) is 0.375. The zero-order chi connectivity index (χ0) is 11.7. The molecule has 1 N–H and O–H groups in total. The van der Waals surface area contributed by atoms with Crippen LogP contribution < -0.4 is 5.32 Å². The van der Waals surface area contributed by atoms with Gasteiger partial charge in [-0.1, -0.05) is 0 Å². The number of rotatable bonds is 3. The van der Waals surface area contributed by atoms with Crippen molar-refractivity contribution >= 4 is 30.3 Å². The summed E-state index contributed by atoms with van der Waals surface area (Å²) >= 11 is 0. The molecule has 1 fully saturated rings. The third-order valence-corrected chi connectivity index (χ3v) is 2.27. The summed E-state index contributed by atoms with van der Waals surface area (Å²) in [5, 5.41) is 9.38. The first kappa shape index (κ1) is 13.1. The monoisotopic (exact) mass is 259 g/mol. The number of urea groups is 1. The first-order valence-electron chi connectivity index (χ1n) is 4.59. The minimum Gasteiger partial charge on any atom is -0.321 e. The molecule has 0 aromatic carbocycles. The molecule has 1 aliphatic rings. The van der Waals surface area contributed by atoms with Gasteiger partial charge in [0.1, 0.15) is 12.2 Å². The summed E-state index contributed by atoms with van der Waals surface area (Å²) in [6.45, 7) is 0.114. The van der Waals surface area contributed by atoms with Crippen LogP contribution in [0.3, 0.4) is 0 Å². The van der Waals surface area contributed by atoms with Crippen LogP contribution in [0.5, 0.6) is 0 Å². The van der Waals surface area contributed by atoms with Crippen LogP contribution in [0.1, 0.15) is 5.82 Å². The van der Waals surface area contributed by atoms with Gasteiger partial charge >= 0.3 is 17.8 Å². The molecule has 0 aliphatic carbocycles. The Morgan fingerprint density at radius 1 is 1.35 bits per heavy atom. The van der Waals surface area contributed by atoms with E-state index in [1.54, 1.807) is 11.6 Å². The smallest absolute Gasteiger partial charge is 0.321 e. The van der Waals surface area contributed by atoms with Gasteiger partial charge in [0.25, 0.3) is 0 Å². The lowest BCUT2D eigenvalue weighted by molar-refractivity contribution is -0.140. The highest BCUT2D eigenvalue weighted by Crippen LogP contribution is 2.03. The molecule has 0 bridgehead atoms. The Morgan fingerprint density at radius 3 is 2.53 bits per heavy atom. The number of aromatic nitrogens is 3. The normalized spacial score (nSPS) is 14.9. The number of hydrogen-bond donors (Lipinski definition) is 1. The van der Waals surface area contributed by atoms with E-state index >= 15 is 0 Å². The molecule has 1 saturated heterocycles. The molecule has 8 nitrogen and oxygen atoms in total. The number of nitrogens with one attached hydrogen (secondary N) is 1. The molecule has 1 aromatic heterocycles. The van der Waals surface area contributed by atoms with Crippen molar-refractivity contribution in [1.29, 1.82) is 0 Å². The highest BCUT2D eigenvalue weighted by molar-refractivity contribution is 6.44. The molecule has 0 spiro atoms. The topological polar surface area (TPSA) is 97.2 Å². The Bertz CT molecular complexity index is 471. The summed E-state index contributed by atoms with van der Waals surface area (Å²) in [4.78, 5) is 34.1.